The van der Waals surface area contributed by atoms with Crippen LogP contribution in [-0.4, -0.2) is 133 Å². The maximum Gasteiger partial charge on any atom is 0.340 e. The molecule has 3 N–H and O–H groups in total. The van der Waals surface area contributed by atoms with Crippen molar-refractivity contribution in [2.75, 3.05) is 54.2 Å². The molecule has 0 saturated heterocycles. The third-order valence-corrected chi connectivity index (χ3v) is 21.2. The first-order valence-corrected chi connectivity index (χ1v) is 41.5. The van der Waals surface area contributed by atoms with Crippen molar-refractivity contribution in [3.8, 4) is 40.1 Å². The molecular weight excluding hydrogens is 1610 g/mol. The summed E-state index contributed by atoms with van der Waals surface area (Å²) in [5.74, 6) is 1.04. The molecule has 9 aromatic carbocycles. The number of aromatic hydroxyl groups is 1. The van der Waals surface area contributed by atoms with Gasteiger partial charge in [-0.25, -0.2) is 19.4 Å². The summed E-state index contributed by atoms with van der Waals surface area (Å²) in [4.78, 5) is 75.1. The van der Waals surface area contributed by atoms with Crippen molar-refractivity contribution in [1.82, 2.24) is 38.5 Å². The van der Waals surface area contributed by atoms with E-state index in [4.69, 9.17) is 44.4 Å². The van der Waals surface area contributed by atoms with Gasteiger partial charge in [0.15, 0.2) is 5.76 Å². The van der Waals surface area contributed by atoms with Crippen LogP contribution in [0, 0.1) is 27.7 Å². The molecule has 6 aromatic heterocycles. The van der Waals surface area contributed by atoms with E-state index >= 15 is 0 Å². The molecule has 15 rings (SSSR count). The van der Waals surface area contributed by atoms with E-state index < -0.39 is 6.10 Å². The number of hydrogen-bond donors (Lipinski definition) is 3. The molecule has 0 aliphatic carbocycles. The molecular formula is C100H104Cl2N8O14. The summed E-state index contributed by atoms with van der Waals surface area (Å²) in [6.45, 7) is 20.0. The Morgan fingerprint density at radius 2 is 1.10 bits per heavy atom. The van der Waals surface area contributed by atoms with Crippen LogP contribution >= 0.6 is 24.0 Å². The van der Waals surface area contributed by atoms with Gasteiger partial charge in [0.2, 0.25) is 5.78 Å². The Bertz CT molecular complexity index is 6150. The van der Waals surface area contributed by atoms with Crippen molar-refractivity contribution < 1.29 is 67.0 Å². The second kappa shape index (κ2) is 43.6. The lowest BCUT2D eigenvalue weighted by molar-refractivity contribution is 0.0517. The second-order valence-electron chi connectivity index (χ2n) is 29.6. The van der Waals surface area contributed by atoms with Crippen molar-refractivity contribution in [3.05, 3.63) is 327 Å². The number of aliphatic hydroxyl groups excluding tert-OH is 1. The van der Waals surface area contributed by atoms with Gasteiger partial charge in [-0.2, -0.15) is 0 Å². The first-order valence-electron chi connectivity index (χ1n) is 41.1. The van der Waals surface area contributed by atoms with Gasteiger partial charge in [-0.15, -0.1) is 12.4 Å². The van der Waals surface area contributed by atoms with Gasteiger partial charge in [0, 0.05) is 123 Å². The fourth-order valence-electron chi connectivity index (χ4n) is 15.0. The molecule has 0 bridgehead atoms. The number of nitrogens with one attached hydrogen (secondary N) is 1. The van der Waals surface area contributed by atoms with Crippen LogP contribution in [0.2, 0.25) is 5.02 Å². The third kappa shape index (κ3) is 21.9. The van der Waals surface area contributed by atoms with Gasteiger partial charge in [-0.3, -0.25) is 19.1 Å². The number of carbonyl (C=O) groups excluding carboxylic acids is 5. The topological polar surface area (TPSA) is 255 Å². The number of aryl methyl sites for hydroxylation is 1. The Morgan fingerprint density at radius 1 is 0.556 bits per heavy atom. The SMILES string of the molecule is CCCCn1c(C)c(C(=O)OCC)c2cc(OCc3ccccc3)ccc21.CCOC(=O)c1c(C)n(-c2ccccc2)c2ccc(O)c(CN(C)C)c12.CCOC(=O)c1c(C)n(Cc2ccccc2)c2ccc(OCC(O)CNCc3ccccc3)cc12.COc1ccc2c(c1)c(CC(=O)c1ncc(-c3ccccn3)o1)c(C)n2C(=O)c1ccc(Cl)cc1.Cl. The summed E-state index contributed by atoms with van der Waals surface area (Å²) < 4.78 is 46.9. The van der Waals surface area contributed by atoms with E-state index in [0.717, 1.165) is 108 Å². The number of halogens is 2. The minimum Gasteiger partial charge on any atom is -0.508 e. The number of Topliss-reactive ketones (excluding diaryl/α,β-unsaturated/α-hetero) is 1. The summed E-state index contributed by atoms with van der Waals surface area (Å²) in [6, 6.07) is 72.9. The quantitative estimate of drug-likeness (QED) is 0.0215. The highest BCUT2D eigenvalue weighted by Crippen LogP contribution is 2.39. The lowest BCUT2D eigenvalue weighted by atomic mass is 10.0. The number of hydrogen-bond acceptors (Lipinski definition) is 18. The molecule has 642 valence electrons. The van der Waals surface area contributed by atoms with Crippen molar-refractivity contribution >= 4 is 97.2 Å². The van der Waals surface area contributed by atoms with Crippen LogP contribution < -0.4 is 19.5 Å². The largest absolute Gasteiger partial charge is 0.508 e. The fourth-order valence-corrected chi connectivity index (χ4v) is 15.2. The van der Waals surface area contributed by atoms with Crippen molar-refractivity contribution in [2.24, 2.45) is 0 Å². The number of ketones is 1. The molecule has 1 atom stereocenters. The lowest BCUT2D eigenvalue weighted by Crippen LogP contribution is -2.31. The lowest BCUT2D eigenvalue weighted by Gasteiger charge is -2.14. The number of rotatable bonds is 30. The Hall–Kier alpha value is -13.1. The molecule has 0 radical (unpaired) electrons. The average molecular weight is 1710 g/mol. The molecule has 6 heterocycles. The van der Waals surface area contributed by atoms with Crippen molar-refractivity contribution in [1.29, 1.82) is 0 Å². The number of carbonyl (C=O) groups is 5. The van der Waals surface area contributed by atoms with Gasteiger partial charge >= 0.3 is 17.9 Å². The number of oxazole rings is 1. The standard InChI is InChI=1S/C29H32N2O4.C27H20ClN3O4.C23H27NO3.C21H24N2O3.ClH/c1-3-34-29(33)28-21(2)31(19-23-12-8-5-9-13-23)27-15-14-25(16-26(27)28)35-20-24(32)18-30-17-22-10-6-4-7-11-22;1-16-20(14-24(32)26-30-15-25(35-26)22-5-3-4-12-29-22)21-13-19(34-2)10-11-23(21)31(16)27(33)17-6-8-18(28)9-7-17;1-4-6-14-24-17(3)22(23(25)26-5-2)20-15-19(12-13-21(20)24)27-16-18-10-8-7-9-11-18;1-5-26-21(25)19-14(2)23(15-9-7-6-8-10-15)17-11-12-18(24)16(20(17)19)13-22(3)4;/h4-16,24,30,32H,3,17-20H2,1-2H3;3-13,15H,14H2,1-2H3;7-13,15H,4-6,14,16H2,1-3H3;6-12,24H,5,13H2,1-4H3;1H. The Morgan fingerprint density at radius 3 is 1.69 bits per heavy atom. The van der Waals surface area contributed by atoms with E-state index in [2.05, 4.69) is 43.5 Å². The van der Waals surface area contributed by atoms with Gasteiger partial charge in [0.25, 0.3) is 11.8 Å². The summed E-state index contributed by atoms with van der Waals surface area (Å²) in [5.41, 5.74) is 15.4. The smallest absolute Gasteiger partial charge is 0.340 e. The number of fused-ring (bicyclic) bond motifs is 4. The van der Waals surface area contributed by atoms with E-state index in [9.17, 15) is 34.2 Å². The number of phenolic OH excluding ortho intramolecular Hbond substituents is 1. The number of methoxy groups -OCH3 is 1. The van der Waals surface area contributed by atoms with Crippen molar-refractivity contribution in [2.45, 2.75) is 114 Å². The fraction of sp³-hybridized carbons (Fsp3) is 0.250. The minimum atomic E-state index is -0.664. The number of para-hydroxylation sites is 1. The van der Waals surface area contributed by atoms with Crippen LogP contribution in [-0.2, 0) is 53.4 Å². The number of nitrogens with zero attached hydrogens (tertiary/aromatic N) is 7. The number of benzene rings is 9. The van der Waals surface area contributed by atoms with Crippen LogP contribution in [0.3, 0.4) is 0 Å². The van der Waals surface area contributed by atoms with E-state index in [0.29, 0.717) is 120 Å². The predicted octanol–water partition coefficient (Wildman–Crippen LogP) is 20.3. The first-order chi connectivity index (χ1) is 59.6. The monoisotopic (exact) mass is 1710 g/mol. The number of phenols is 1. The number of unbranched alkanes of at least 4 members (excludes halogenated alkanes) is 1. The molecule has 0 amide bonds. The summed E-state index contributed by atoms with van der Waals surface area (Å²) in [7, 11) is 5.44. The Labute approximate surface area is 732 Å². The number of pyridine rings is 1. The zero-order chi connectivity index (χ0) is 87.2. The van der Waals surface area contributed by atoms with Gasteiger partial charge in [-0.05, 0) is 206 Å². The molecule has 0 fully saturated rings. The Kier molecular flexibility index (Phi) is 32.2. The predicted molar refractivity (Wildman–Crippen MR) is 489 cm³/mol. The van der Waals surface area contributed by atoms with Crippen LogP contribution in [0.1, 0.15) is 143 Å². The molecule has 22 nitrogen and oxygen atoms in total. The molecule has 15 aromatic rings. The normalized spacial score (nSPS) is 11.2. The second-order valence-corrected chi connectivity index (χ2v) is 30.1. The molecule has 0 saturated carbocycles. The number of ether oxygens (including phenoxy) is 6. The highest BCUT2D eigenvalue weighted by Gasteiger charge is 2.29. The highest BCUT2D eigenvalue weighted by molar-refractivity contribution is 6.30. The zero-order valence-electron chi connectivity index (χ0n) is 71.6. The molecule has 0 aliphatic rings. The Balaban J connectivity index is 0.000000162. The van der Waals surface area contributed by atoms with Gasteiger partial charge in [-0.1, -0.05) is 140 Å². The highest BCUT2D eigenvalue weighted by atomic mass is 35.5. The summed E-state index contributed by atoms with van der Waals surface area (Å²) >= 11 is 5.99. The van der Waals surface area contributed by atoms with Gasteiger partial charge < -0.3 is 67.0 Å². The average Bonchev–Trinajstić information content (AvgIpc) is 1.61. The number of aliphatic hydroxyl groups is 1. The van der Waals surface area contributed by atoms with E-state index in [-0.39, 0.29) is 66.7 Å². The maximum absolute atomic E-state index is 13.4. The zero-order valence-corrected chi connectivity index (χ0v) is 73.1. The number of esters is 3. The van der Waals surface area contributed by atoms with Gasteiger partial charge in [0.1, 0.15) is 48.0 Å². The van der Waals surface area contributed by atoms with E-state index in [1.165, 1.54) is 6.20 Å². The van der Waals surface area contributed by atoms with E-state index in [1.54, 1.807) is 80.3 Å². The molecule has 1 unspecified atom stereocenters. The first kappa shape index (κ1) is 91.6. The minimum absolute atomic E-state index is 0. The molecule has 124 heavy (non-hydrogen) atoms. The number of aromatic nitrogens is 6. The summed E-state index contributed by atoms with van der Waals surface area (Å²) in [5, 5.41) is 27.8. The molecule has 0 aliphatic heterocycles. The summed E-state index contributed by atoms with van der Waals surface area (Å²) in [6.07, 6.45) is 4.63. The molecule has 24 heteroatoms. The van der Waals surface area contributed by atoms with Crippen LogP contribution in [0.15, 0.2) is 247 Å². The van der Waals surface area contributed by atoms with Crippen molar-refractivity contribution in [3.63, 3.8) is 0 Å². The third-order valence-electron chi connectivity index (χ3n) is 21.0. The van der Waals surface area contributed by atoms with Crippen LogP contribution in [0.25, 0.3) is 60.8 Å². The van der Waals surface area contributed by atoms with Gasteiger partial charge in [0.05, 0.1) is 60.9 Å². The maximum atomic E-state index is 13.4. The van der Waals surface area contributed by atoms with Crippen LogP contribution in [0.5, 0.6) is 23.0 Å². The molecule has 0 spiro atoms. The van der Waals surface area contributed by atoms with E-state index in [1.807, 2.05) is 228 Å². The van der Waals surface area contributed by atoms with Crippen LogP contribution in [0.4, 0.5) is 0 Å².